The quantitative estimate of drug-likeness (QED) is 0.323. The second-order valence-electron chi connectivity index (χ2n) is 6.98. The number of aromatic nitrogens is 3. The molecule has 134 valence electrons. The number of nitrogens with zero attached hydrogens (tertiary/aromatic N) is 2. The maximum Gasteiger partial charge on any atom is 0.250 e. The topological polar surface area (TPSA) is 41.8 Å². The summed E-state index contributed by atoms with van der Waals surface area (Å²) in [5, 5.41) is 9.66. The zero-order chi connectivity index (χ0) is 18.8. The van der Waals surface area contributed by atoms with Crippen molar-refractivity contribution in [2.75, 3.05) is 0 Å². The zero-order valence-electron chi connectivity index (χ0n) is 15.0. The van der Waals surface area contributed by atoms with Crippen molar-refractivity contribution in [3.8, 4) is 34.0 Å². The number of fused-ring (bicyclic) bond motifs is 4. The minimum atomic E-state index is -0.267. The van der Waals surface area contributed by atoms with Crippen LogP contribution in [0.4, 0.5) is 4.39 Å². The number of halogens is 1. The molecule has 5 heteroatoms. The van der Waals surface area contributed by atoms with Gasteiger partial charge in [0.15, 0.2) is 0 Å². The van der Waals surface area contributed by atoms with Crippen molar-refractivity contribution in [2.45, 2.75) is 0 Å². The van der Waals surface area contributed by atoms with Crippen LogP contribution in [-0.2, 0) is 7.05 Å². The van der Waals surface area contributed by atoms with Gasteiger partial charge < -0.3 is 4.74 Å². The molecule has 6 rings (SSSR count). The molecule has 5 aromatic rings. The lowest BCUT2D eigenvalue weighted by Crippen LogP contribution is -2.34. The molecule has 0 radical (unpaired) electrons. The Labute approximate surface area is 159 Å². The fourth-order valence-electron chi connectivity index (χ4n) is 4.27. The fourth-order valence-corrected chi connectivity index (χ4v) is 4.27. The van der Waals surface area contributed by atoms with Crippen LogP contribution in [0.15, 0.2) is 66.9 Å². The summed E-state index contributed by atoms with van der Waals surface area (Å²) in [6, 6.07) is 19.4. The van der Waals surface area contributed by atoms with Gasteiger partial charge in [-0.2, -0.15) is 14.1 Å². The normalized spacial score (nSPS) is 12.2. The third-order valence-electron chi connectivity index (χ3n) is 5.49. The van der Waals surface area contributed by atoms with Gasteiger partial charge in [-0.25, -0.2) is 0 Å². The monoisotopic (exact) mass is 368 g/mol. The molecule has 0 spiro atoms. The Morgan fingerprint density at radius 3 is 2.61 bits per heavy atom. The molecule has 3 heterocycles. The highest BCUT2D eigenvalue weighted by Gasteiger charge is 2.31. The maximum absolute atomic E-state index is 15.7. The number of ether oxygens (including phenoxy) is 1. The number of aryl methyl sites for hydroxylation is 1. The van der Waals surface area contributed by atoms with Gasteiger partial charge >= 0.3 is 0 Å². The van der Waals surface area contributed by atoms with Gasteiger partial charge in [0.05, 0.1) is 22.0 Å². The lowest BCUT2D eigenvalue weighted by Gasteiger charge is -2.20. The average molecular weight is 368 g/mol. The van der Waals surface area contributed by atoms with Crippen LogP contribution < -0.4 is 9.30 Å². The van der Waals surface area contributed by atoms with Crippen LogP contribution in [0.3, 0.4) is 0 Å². The van der Waals surface area contributed by atoms with Crippen molar-refractivity contribution < 1.29 is 13.7 Å². The number of para-hydroxylation sites is 1. The van der Waals surface area contributed by atoms with Crippen LogP contribution >= 0.6 is 0 Å². The van der Waals surface area contributed by atoms with Gasteiger partial charge in [0.1, 0.15) is 18.5 Å². The Balaban J connectivity index is 1.84. The molecule has 1 aliphatic rings. The van der Waals surface area contributed by atoms with E-state index in [1.165, 1.54) is 0 Å². The molecule has 0 aliphatic carbocycles. The molecule has 28 heavy (non-hydrogen) atoms. The first-order chi connectivity index (χ1) is 13.7. The van der Waals surface area contributed by atoms with Crippen LogP contribution in [0.2, 0.25) is 0 Å². The van der Waals surface area contributed by atoms with E-state index in [1.807, 2.05) is 60.1 Å². The third kappa shape index (κ3) is 1.88. The largest absolute Gasteiger partial charge is 0.456 e. The summed E-state index contributed by atoms with van der Waals surface area (Å²) >= 11 is 0. The summed E-state index contributed by atoms with van der Waals surface area (Å²) in [5.74, 6) is 1.31. The van der Waals surface area contributed by atoms with Crippen LogP contribution in [-0.4, -0.2) is 10.2 Å². The third-order valence-corrected chi connectivity index (χ3v) is 5.49. The van der Waals surface area contributed by atoms with Crippen molar-refractivity contribution in [3.63, 3.8) is 0 Å². The Kier molecular flexibility index (Phi) is 2.95. The van der Waals surface area contributed by atoms with Gasteiger partial charge in [0, 0.05) is 17.1 Å². The number of H-pyrrole nitrogens is 1. The van der Waals surface area contributed by atoms with E-state index < -0.39 is 0 Å². The van der Waals surface area contributed by atoms with Gasteiger partial charge in [0.2, 0.25) is 17.0 Å². The number of benzene rings is 3. The Bertz CT molecular complexity index is 1410. The van der Waals surface area contributed by atoms with Crippen LogP contribution in [0.1, 0.15) is 0 Å². The molecule has 0 unspecified atom stereocenters. The second kappa shape index (κ2) is 5.39. The van der Waals surface area contributed by atoms with Crippen molar-refractivity contribution in [1.82, 2.24) is 10.2 Å². The van der Waals surface area contributed by atoms with E-state index in [0.29, 0.717) is 16.8 Å². The van der Waals surface area contributed by atoms with Crippen LogP contribution in [0.25, 0.3) is 44.2 Å². The molecular formula is C23H15FN3O+. The number of nitrogens with one attached hydrogen (secondary N) is 1. The summed E-state index contributed by atoms with van der Waals surface area (Å²) in [6.45, 7) is 0. The van der Waals surface area contributed by atoms with Gasteiger partial charge in [-0.3, -0.25) is 5.10 Å². The van der Waals surface area contributed by atoms with Crippen LogP contribution in [0, 0.1) is 5.82 Å². The number of hydrogen-bond acceptors (Lipinski definition) is 2. The number of pyridine rings is 1. The highest BCUT2D eigenvalue weighted by Crippen LogP contribution is 2.46. The summed E-state index contributed by atoms with van der Waals surface area (Å²) in [5.41, 5.74) is 3.64. The fraction of sp³-hybridized carbons (Fsp3) is 0.0435. The van der Waals surface area contributed by atoms with Crippen molar-refractivity contribution in [3.05, 3.63) is 72.7 Å². The summed E-state index contributed by atoms with van der Waals surface area (Å²) in [7, 11) is 1.91. The minimum Gasteiger partial charge on any atom is -0.456 e. The van der Waals surface area contributed by atoms with E-state index in [1.54, 1.807) is 18.3 Å². The minimum absolute atomic E-state index is 0.267. The molecule has 0 fully saturated rings. The molecule has 2 aromatic heterocycles. The molecular weight excluding hydrogens is 353 g/mol. The molecule has 0 bridgehead atoms. The van der Waals surface area contributed by atoms with Gasteiger partial charge in [-0.1, -0.05) is 24.3 Å². The maximum atomic E-state index is 15.7. The van der Waals surface area contributed by atoms with E-state index in [-0.39, 0.29) is 5.82 Å². The number of aromatic amines is 1. The smallest absolute Gasteiger partial charge is 0.250 e. The molecule has 1 N–H and O–H groups in total. The molecule has 0 atom stereocenters. The average Bonchev–Trinajstić information content (AvgIpc) is 3.25. The summed E-state index contributed by atoms with van der Waals surface area (Å²) < 4.78 is 23.8. The number of hydrogen-bond donors (Lipinski definition) is 1. The molecule has 0 amide bonds. The first-order valence-corrected chi connectivity index (χ1v) is 9.08. The number of rotatable bonds is 1. The molecule has 0 saturated carbocycles. The predicted octanol–water partition coefficient (Wildman–Crippen LogP) is 5.12. The first kappa shape index (κ1) is 15.3. The predicted molar refractivity (Wildman–Crippen MR) is 106 cm³/mol. The van der Waals surface area contributed by atoms with Gasteiger partial charge in [-0.15, -0.1) is 0 Å². The Hall–Kier alpha value is -3.73. The standard InChI is InChI=1S/C23H14FN3O/c1-27-22-16-5-2-3-7-18(16)28-19-8-4-6-13(20(19)22)14-9-10-15(21(24)23(14)27)17-11-12-25-26-17/h2-12H,1H3/p+1. The Morgan fingerprint density at radius 2 is 1.75 bits per heavy atom. The van der Waals surface area contributed by atoms with E-state index in [0.717, 1.165) is 38.9 Å². The molecule has 1 aliphatic heterocycles. The molecule has 3 aromatic carbocycles. The first-order valence-electron chi connectivity index (χ1n) is 9.08. The van der Waals surface area contributed by atoms with Crippen molar-refractivity contribution in [1.29, 1.82) is 0 Å². The van der Waals surface area contributed by atoms with Crippen LogP contribution in [0.5, 0.6) is 11.5 Å². The van der Waals surface area contributed by atoms with E-state index in [4.69, 9.17) is 4.74 Å². The van der Waals surface area contributed by atoms with Crippen molar-refractivity contribution >= 4 is 21.7 Å². The summed E-state index contributed by atoms with van der Waals surface area (Å²) in [6.07, 6.45) is 1.63. The molecule has 0 saturated heterocycles. The lowest BCUT2D eigenvalue weighted by molar-refractivity contribution is -0.633. The Morgan fingerprint density at radius 1 is 0.893 bits per heavy atom. The highest BCUT2D eigenvalue weighted by molar-refractivity contribution is 6.13. The SMILES string of the molecule is C[n+]1c2c3c(cccc3c3ccc(-c4ccn[nH]4)c(F)c31)Oc1ccccc1-2. The summed E-state index contributed by atoms with van der Waals surface area (Å²) in [4.78, 5) is 0. The molecule has 4 nitrogen and oxygen atoms in total. The van der Waals surface area contributed by atoms with E-state index >= 15 is 4.39 Å². The van der Waals surface area contributed by atoms with E-state index in [9.17, 15) is 0 Å². The van der Waals surface area contributed by atoms with Gasteiger partial charge in [-0.05, 0) is 36.4 Å². The zero-order valence-corrected chi connectivity index (χ0v) is 15.0. The van der Waals surface area contributed by atoms with E-state index in [2.05, 4.69) is 10.2 Å². The van der Waals surface area contributed by atoms with Crippen molar-refractivity contribution in [2.24, 2.45) is 7.05 Å². The second-order valence-corrected chi connectivity index (χ2v) is 6.98. The lowest BCUT2D eigenvalue weighted by atomic mass is 9.95. The van der Waals surface area contributed by atoms with Gasteiger partial charge in [0.25, 0.3) is 0 Å². The highest BCUT2D eigenvalue weighted by atomic mass is 19.1.